The van der Waals surface area contributed by atoms with Gasteiger partial charge in [0.15, 0.2) is 0 Å². The number of carbonyl (C=O) groups excluding carboxylic acids is 1. The number of rotatable bonds is 2. The predicted octanol–water partition coefficient (Wildman–Crippen LogP) is 4.18. The first-order valence-electron chi connectivity index (χ1n) is 6.40. The molecule has 21 heavy (non-hydrogen) atoms. The van der Waals surface area contributed by atoms with Crippen LogP contribution in [0.4, 0.5) is 15.8 Å². The molecule has 0 saturated carbocycles. The molecule has 0 fully saturated rings. The summed E-state index contributed by atoms with van der Waals surface area (Å²) >= 11 is 1.35. The third kappa shape index (κ3) is 2.60. The highest BCUT2D eigenvalue weighted by atomic mass is 32.1. The summed E-state index contributed by atoms with van der Waals surface area (Å²) in [7, 11) is 0. The van der Waals surface area contributed by atoms with E-state index in [4.69, 9.17) is 5.73 Å². The van der Waals surface area contributed by atoms with Crippen molar-refractivity contribution in [2.75, 3.05) is 11.1 Å². The topological polar surface area (TPSA) is 55.1 Å². The van der Waals surface area contributed by atoms with Gasteiger partial charge in [-0.15, -0.1) is 11.3 Å². The first-order chi connectivity index (χ1) is 10.0. The van der Waals surface area contributed by atoms with Gasteiger partial charge in [-0.25, -0.2) is 4.39 Å². The fourth-order valence-corrected chi connectivity index (χ4v) is 3.08. The van der Waals surface area contributed by atoms with Gasteiger partial charge in [0.25, 0.3) is 5.91 Å². The molecule has 0 aliphatic carbocycles. The highest BCUT2D eigenvalue weighted by Crippen LogP contribution is 2.28. The minimum absolute atomic E-state index is 0.222. The van der Waals surface area contributed by atoms with Gasteiger partial charge in [0.1, 0.15) is 5.82 Å². The van der Waals surface area contributed by atoms with Gasteiger partial charge in [-0.3, -0.25) is 4.79 Å². The summed E-state index contributed by atoms with van der Waals surface area (Å²) < 4.78 is 14.7. The molecule has 1 heterocycles. The van der Waals surface area contributed by atoms with Crippen molar-refractivity contribution < 1.29 is 9.18 Å². The zero-order valence-electron chi connectivity index (χ0n) is 11.3. The number of aryl methyl sites for hydroxylation is 1. The van der Waals surface area contributed by atoms with E-state index in [1.54, 1.807) is 31.2 Å². The number of carbonyl (C=O) groups is 1. The molecule has 3 rings (SSSR count). The average Bonchev–Trinajstić information content (AvgIpc) is 2.86. The van der Waals surface area contributed by atoms with E-state index >= 15 is 0 Å². The molecule has 5 heteroatoms. The zero-order chi connectivity index (χ0) is 15.0. The molecule has 0 atom stereocenters. The summed E-state index contributed by atoms with van der Waals surface area (Å²) in [5, 5.41) is 3.55. The third-order valence-corrected chi connectivity index (χ3v) is 4.34. The average molecular weight is 300 g/mol. The Morgan fingerprint density at radius 3 is 2.81 bits per heavy atom. The van der Waals surface area contributed by atoms with Crippen LogP contribution in [0.1, 0.15) is 15.2 Å². The second-order valence-corrected chi connectivity index (χ2v) is 5.88. The smallest absolute Gasteiger partial charge is 0.265 e. The van der Waals surface area contributed by atoms with E-state index in [2.05, 4.69) is 5.32 Å². The van der Waals surface area contributed by atoms with Crippen molar-refractivity contribution in [3.63, 3.8) is 0 Å². The molecule has 1 amide bonds. The highest BCUT2D eigenvalue weighted by molar-refractivity contribution is 7.20. The lowest BCUT2D eigenvalue weighted by Crippen LogP contribution is -2.12. The largest absolute Gasteiger partial charge is 0.399 e. The quantitative estimate of drug-likeness (QED) is 0.697. The second kappa shape index (κ2) is 5.18. The molecule has 0 unspecified atom stereocenters. The van der Waals surface area contributed by atoms with Crippen molar-refractivity contribution in [1.29, 1.82) is 0 Å². The van der Waals surface area contributed by atoms with Crippen LogP contribution in [0.25, 0.3) is 10.1 Å². The maximum Gasteiger partial charge on any atom is 0.265 e. The molecule has 0 aliphatic heterocycles. The van der Waals surface area contributed by atoms with Crippen molar-refractivity contribution in [1.82, 2.24) is 0 Å². The number of hydrogen-bond donors (Lipinski definition) is 2. The summed E-state index contributed by atoms with van der Waals surface area (Å²) in [5.41, 5.74) is 7.29. The second-order valence-electron chi connectivity index (χ2n) is 4.79. The van der Waals surface area contributed by atoms with E-state index in [0.29, 0.717) is 16.1 Å². The first-order valence-corrected chi connectivity index (χ1v) is 7.22. The van der Waals surface area contributed by atoms with Crippen LogP contribution in [0.3, 0.4) is 0 Å². The molecule has 0 aliphatic rings. The maximum atomic E-state index is 13.8. The van der Waals surface area contributed by atoms with Crippen LogP contribution >= 0.6 is 11.3 Å². The monoisotopic (exact) mass is 300 g/mol. The molecule has 0 bridgehead atoms. The van der Waals surface area contributed by atoms with Gasteiger partial charge < -0.3 is 11.1 Å². The molecule has 3 aromatic rings. The predicted molar refractivity (Wildman–Crippen MR) is 85.3 cm³/mol. The number of nitrogen functional groups attached to an aromatic ring is 1. The number of fused-ring (bicyclic) bond motifs is 1. The molecule has 2 aromatic carbocycles. The molecule has 3 nitrogen and oxygen atoms in total. The van der Waals surface area contributed by atoms with E-state index < -0.39 is 5.82 Å². The summed E-state index contributed by atoms with van der Waals surface area (Å²) in [4.78, 5) is 12.8. The van der Waals surface area contributed by atoms with E-state index in [-0.39, 0.29) is 11.6 Å². The van der Waals surface area contributed by atoms with Crippen LogP contribution in [-0.2, 0) is 0 Å². The van der Waals surface area contributed by atoms with Crippen molar-refractivity contribution in [2.24, 2.45) is 0 Å². The minimum atomic E-state index is -0.436. The maximum absolute atomic E-state index is 13.8. The van der Waals surface area contributed by atoms with Crippen LogP contribution in [0, 0.1) is 12.7 Å². The van der Waals surface area contributed by atoms with Gasteiger partial charge in [0.05, 0.1) is 10.6 Å². The van der Waals surface area contributed by atoms with Gasteiger partial charge in [-0.1, -0.05) is 12.1 Å². The lowest BCUT2D eigenvalue weighted by atomic mass is 10.2. The number of benzene rings is 2. The third-order valence-electron chi connectivity index (χ3n) is 3.22. The van der Waals surface area contributed by atoms with Crippen LogP contribution in [0.2, 0.25) is 0 Å². The van der Waals surface area contributed by atoms with Crippen molar-refractivity contribution in [2.45, 2.75) is 6.92 Å². The minimum Gasteiger partial charge on any atom is -0.399 e. The number of amides is 1. The molecule has 0 spiro atoms. The lowest BCUT2D eigenvalue weighted by Gasteiger charge is -2.07. The van der Waals surface area contributed by atoms with E-state index in [1.165, 1.54) is 17.4 Å². The SMILES string of the molecule is Cc1cccc(F)c1NC(=O)c1cc2cc(N)ccc2s1. The van der Waals surface area contributed by atoms with Crippen molar-refractivity contribution >= 4 is 38.7 Å². The van der Waals surface area contributed by atoms with Gasteiger partial charge in [0.2, 0.25) is 0 Å². The molecule has 106 valence electrons. The van der Waals surface area contributed by atoms with Crippen LogP contribution in [0.5, 0.6) is 0 Å². The Hall–Kier alpha value is -2.40. The normalized spacial score (nSPS) is 10.8. The summed E-state index contributed by atoms with van der Waals surface area (Å²) in [6.07, 6.45) is 0. The molecule has 1 aromatic heterocycles. The van der Waals surface area contributed by atoms with Gasteiger partial charge in [-0.05, 0) is 48.2 Å². The lowest BCUT2D eigenvalue weighted by molar-refractivity contribution is 0.103. The number of halogens is 1. The summed E-state index contributed by atoms with van der Waals surface area (Å²) in [5.74, 6) is -0.753. The molecule has 0 radical (unpaired) electrons. The highest BCUT2D eigenvalue weighted by Gasteiger charge is 2.14. The molecule has 0 saturated heterocycles. The number of para-hydroxylation sites is 1. The van der Waals surface area contributed by atoms with E-state index in [9.17, 15) is 9.18 Å². The molecular formula is C16H13FN2OS. The van der Waals surface area contributed by atoms with Gasteiger partial charge in [-0.2, -0.15) is 0 Å². The van der Waals surface area contributed by atoms with Gasteiger partial charge in [0, 0.05) is 10.4 Å². The Kier molecular flexibility index (Phi) is 3.35. The van der Waals surface area contributed by atoms with Gasteiger partial charge >= 0.3 is 0 Å². The number of thiophene rings is 1. The van der Waals surface area contributed by atoms with Crippen LogP contribution in [-0.4, -0.2) is 5.91 Å². The summed E-state index contributed by atoms with van der Waals surface area (Å²) in [6, 6.07) is 11.9. The Morgan fingerprint density at radius 1 is 1.24 bits per heavy atom. The fraction of sp³-hybridized carbons (Fsp3) is 0.0625. The standard InChI is InChI=1S/C16H13FN2OS/c1-9-3-2-4-12(17)15(9)19-16(20)14-8-10-7-11(18)5-6-13(10)21-14/h2-8H,18H2,1H3,(H,19,20). The number of nitrogens with two attached hydrogens (primary N) is 1. The van der Waals surface area contributed by atoms with Crippen LogP contribution in [0.15, 0.2) is 42.5 Å². The van der Waals surface area contributed by atoms with Crippen LogP contribution < -0.4 is 11.1 Å². The Bertz CT molecular complexity index is 821. The van der Waals surface area contributed by atoms with E-state index in [0.717, 1.165) is 10.1 Å². The number of anilines is 2. The zero-order valence-corrected chi connectivity index (χ0v) is 12.1. The Labute approximate surface area is 125 Å². The Balaban J connectivity index is 1.94. The first kappa shape index (κ1) is 13.6. The number of hydrogen-bond acceptors (Lipinski definition) is 3. The Morgan fingerprint density at radius 2 is 2.05 bits per heavy atom. The fourth-order valence-electron chi connectivity index (χ4n) is 2.14. The van der Waals surface area contributed by atoms with Crippen molar-refractivity contribution in [3.05, 3.63) is 58.7 Å². The van der Waals surface area contributed by atoms with E-state index in [1.807, 2.05) is 12.1 Å². The summed E-state index contributed by atoms with van der Waals surface area (Å²) in [6.45, 7) is 1.75. The molecule has 3 N–H and O–H groups in total. The number of nitrogens with one attached hydrogen (secondary N) is 1. The van der Waals surface area contributed by atoms with Crippen molar-refractivity contribution in [3.8, 4) is 0 Å². The molecular weight excluding hydrogens is 287 g/mol.